The molecule has 0 radical (unpaired) electrons. The van der Waals surface area contributed by atoms with E-state index in [-0.39, 0.29) is 11.8 Å². The fourth-order valence-corrected chi connectivity index (χ4v) is 4.70. The number of hydrogen-bond acceptors (Lipinski definition) is 3. The van der Waals surface area contributed by atoms with E-state index in [2.05, 4.69) is 4.72 Å². The number of fused-ring (bicyclic) bond motifs is 1. The van der Waals surface area contributed by atoms with Gasteiger partial charge in [0.15, 0.2) is 0 Å². The number of sulfonamides is 1. The summed E-state index contributed by atoms with van der Waals surface area (Å²) in [5, 5.41) is 0. The largest absolute Gasteiger partial charge is 0.328 e. The van der Waals surface area contributed by atoms with Gasteiger partial charge < -0.3 is 5.73 Å². The second kappa shape index (κ2) is 4.63. The smallest absolute Gasteiger partial charge is 0.211 e. The molecule has 0 heterocycles. The van der Waals surface area contributed by atoms with Crippen molar-refractivity contribution in [3.8, 4) is 0 Å². The van der Waals surface area contributed by atoms with Crippen molar-refractivity contribution < 1.29 is 8.42 Å². The molecule has 94 valence electrons. The van der Waals surface area contributed by atoms with Crippen LogP contribution in [0.1, 0.15) is 39.0 Å². The van der Waals surface area contributed by atoms with Crippen molar-refractivity contribution in [3.05, 3.63) is 0 Å². The lowest BCUT2D eigenvalue weighted by Gasteiger charge is -2.14. The number of rotatable bonds is 4. The molecule has 2 atom stereocenters. The molecule has 5 heteroatoms. The molecule has 16 heavy (non-hydrogen) atoms. The predicted molar refractivity (Wildman–Crippen MR) is 64.4 cm³/mol. The predicted octanol–water partition coefficient (Wildman–Crippen LogP) is 0.832. The first kappa shape index (κ1) is 12.3. The maximum atomic E-state index is 11.6. The Kier molecular flexibility index (Phi) is 3.56. The van der Waals surface area contributed by atoms with Crippen molar-refractivity contribution in [2.24, 2.45) is 17.6 Å². The zero-order valence-corrected chi connectivity index (χ0v) is 10.7. The summed E-state index contributed by atoms with van der Waals surface area (Å²) in [5.41, 5.74) is 5.91. The van der Waals surface area contributed by atoms with Gasteiger partial charge in [-0.2, -0.15) is 0 Å². The van der Waals surface area contributed by atoms with Gasteiger partial charge >= 0.3 is 0 Å². The molecule has 2 fully saturated rings. The van der Waals surface area contributed by atoms with Crippen LogP contribution in [-0.4, -0.2) is 26.3 Å². The average molecular weight is 246 g/mol. The van der Waals surface area contributed by atoms with Crippen LogP contribution >= 0.6 is 0 Å². The van der Waals surface area contributed by atoms with Crippen molar-refractivity contribution in [1.82, 2.24) is 4.72 Å². The molecule has 2 unspecified atom stereocenters. The number of nitrogens with one attached hydrogen (secondary N) is 1. The Morgan fingerprint density at radius 1 is 1.19 bits per heavy atom. The SMILES string of the molecule is CCCS(=O)(=O)NC1CC2CC(N)CC2C1. The minimum atomic E-state index is -3.04. The topological polar surface area (TPSA) is 72.2 Å². The lowest BCUT2D eigenvalue weighted by molar-refractivity contribution is 0.457. The van der Waals surface area contributed by atoms with Gasteiger partial charge in [-0.3, -0.25) is 0 Å². The molecule has 0 aliphatic heterocycles. The van der Waals surface area contributed by atoms with Crippen molar-refractivity contribution in [1.29, 1.82) is 0 Å². The highest BCUT2D eigenvalue weighted by atomic mass is 32.2. The van der Waals surface area contributed by atoms with E-state index in [1.54, 1.807) is 0 Å². The van der Waals surface area contributed by atoms with Gasteiger partial charge in [-0.15, -0.1) is 0 Å². The minimum Gasteiger partial charge on any atom is -0.328 e. The molecule has 0 aromatic heterocycles. The van der Waals surface area contributed by atoms with E-state index >= 15 is 0 Å². The van der Waals surface area contributed by atoms with Crippen molar-refractivity contribution in [2.45, 2.75) is 51.1 Å². The molecule has 2 rings (SSSR count). The van der Waals surface area contributed by atoms with Gasteiger partial charge in [0.05, 0.1) is 5.75 Å². The maximum absolute atomic E-state index is 11.6. The standard InChI is InChI=1S/C11H22N2O2S/c1-2-3-16(14,15)13-11-6-8-4-10(12)5-9(8)7-11/h8-11,13H,2-7,12H2,1H3. The van der Waals surface area contributed by atoms with Gasteiger partial charge in [0, 0.05) is 12.1 Å². The Morgan fingerprint density at radius 2 is 1.75 bits per heavy atom. The average Bonchev–Trinajstić information content (AvgIpc) is 2.59. The maximum Gasteiger partial charge on any atom is 0.211 e. The monoisotopic (exact) mass is 246 g/mol. The normalized spacial score (nSPS) is 38.9. The molecular formula is C11H22N2O2S. The molecule has 0 bridgehead atoms. The van der Waals surface area contributed by atoms with E-state index in [0.29, 0.717) is 24.3 Å². The van der Waals surface area contributed by atoms with Gasteiger partial charge in [-0.05, 0) is 43.9 Å². The van der Waals surface area contributed by atoms with Crippen molar-refractivity contribution in [2.75, 3.05) is 5.75 Å². The first-order valence-electron chi connectivity index (χ1n) is 6.25. The zero-order valence-electron chi connectivity index (χ0n) is 9.85. The molecule has 0 aromatic rings. The Bertz CT molecular complexity index is 328. The Labute approximate surface area is 98.0 Å². The molecule has 2 aliphatic carbocycles. The summed E-state index contributed by atoms with van der Waals surface area (Å²) in [6.45, 7) is 1.89. The fraction of sp³-hybridized carbons (Fsp3) is 1.00. The van der Waals surface area contributed by atoms with Gasteiger partial charge in [-0.25, -0.2) is 13.1 Å². The van der Waals surface area contributed by atoms with Gasteiger partial charge in [0.25, 0.3) is 0 Å². The van der Waals surface area contributed by atoms with E-state index in [0.717, 1.165) is 25.7 Å². The first-order chi connectivity index (χ1) is 7.50. The lowest BCUT2D eigenvalue weighted by Crippen LogP contribution is -2.35. The molecule has 0 amide bonds. The Hall–Kier alpha value is -0.130. The lowest BCUT2D eigenvalue weighted by atomic mass is 10.0. The van der Waals surface area contributed by atoms with Crippen LogP contribution in [0.4, 0.5) is 0 Å². The molecular weight excluding hydrogens is 224 g/mol. The Morgan fingerprint density at radius 3 is 2.25 bits per heavy atom. The van der Waals surface area contributed by atoms with Crippen LogP contribution in [0.5, 0.6) is 0 Å². The molecule has 2 saturated carbocycles. The summed E-state index contributed by atoms with van der Waals surface area (Å²) in [6, 6.07) is 0.516. The molecule has 4 nitrogen and oxygen atoms in total. The zero-order chi connectivity index (χ0) is 11.8. The highest BCUT2D eigenvalue weighted by molar-refractivity contribution is 7.89. The van der Waals surface area contributed by atoms with Crippen molar-refractivity contribution in [3.63, 3.8) is 0 Å². The van der Waals surface area contributed by atoms with Crippen LogP contribution in [0.15, 0.2) is 0 Å². The van der Waals surface area contributed by atoms with Crippen LogP contribution in [0.2, 0.25) is 0 Å². The van der Waals surface area contributed by atoms with Crippen LogP contribution in [0.3, 0.4) is 0 Å². The summed E-state index contributed by atoms with van der Waals surface area (Å²) in [6.07, 6.45) is 4.82. The molecule has 0 saturated heterocycles. The molecule has 3 N–H and O–H groups in total. The van der Waals surface area contributed by atoms with Crippen LogP contribution in [-0.2, 0) is 10.0 Å². The Balaban J connectivity index is 1.87. The highest BCUT2D eigenvalue weighted by Crippen LogP contribution is 2.43. The van der Waals surface area contributed by atoms with Gasteiger partial charge in [0.1, 0.15) is 0 Å². The van der Waals surface area contributed by atoms with E-state index in [1.807, 2.05) is 6.92 Å². The molecule has 0 aromatic carbocycles. The third kappa shape index (κ3) is 2.76. The summed E-state index contributed by atoms with van der Waals surface area (Å²) >= 11 is 0. The number of nitrogens with two attached hydrogens (primary N) is 1. The molecule has 2 aliphatic rings. The first-order valence-corrected chi connectivity index (χ1v) is 7.91. The summed E-state index contributed by atoms with van der Waals surface area (Å²) in [7, 11) is -3.04. The third-order valence-electron chi connectivity index (χ3n) is 3.87. The van der Waals surface area contributed by atoms with E-state index in [4.69, 9.17) is 5.73 Å². The van der Waals surface area contributed by atoms with Crippen LogP contribution < -0.4 is 10.5 Å². The summed E-state index contributed by atoms with van der Waals surface area (Å²) in [4.78, 5) is 0. The second-order valence-electron chi connectivity index (χ2n) is 5.36. The second-order valence-corrected chi connectivity index (χ2v) is 7.23. The van der Waals surface area contributed by atoms with Crippen LogP contribution in [0, 0.1) is 11.8 Å². The fourth-order valence-electron chi connectivity index (χ4n) is 3.34. The van der Waals surface area contributed by atoms with Gasteiger partial charge in [0.2, 0.25) is 10.0 Å². The van der Waals surface area contributed by atoms with Crippen molar-refractivity contribution >= 4 is 10.0 Å². The highest BCUT2D eigenvalue weighted by Gasteiger charge is 2.41. The van der Waals surface area contributed by atoms with Gasteiger partial charge in [-0.1, -0.05) is 6.92 Å². The van der Waals surface area contributed by atoms with E-state index in [1.165, 1.54) is 0 Å². The minimum absolute atomic E-state index is 0.166. The third-order valence-corrected chi connectivity index (χ3v) is 5.51. The summed E-state index contributed by atoms with van der Waals surface area (Å²) in [5.74, 6) is 1.56. The number of hydrogen-bond donors (Lipinski definition) is 2. The van der Waals surface area contributed by atoms with E-state index < -0.39 is 10.0 Å². The quantitative estimate of drug-likeness (QED) is 0.772. The van der Waals surface area contributed by atoms with E-state index in [9.17, 15) is 8.42 Å². The molecule has 0 spiro atoms. The van der Waals surface area contributed by atoms with Crippen LogP contribution in [0.25, 0.3) is 0 Å². The summed E-state index contributed by atoms with van der Waals surface area (Å²) < 4.78 is 26.1.